The third-order valence-corrected chi connectivity index (χ3v) is 5.12. The average molecular weight is 437 g/mol. The van der Waals surface area contributed by atoms with Gasteiger partial charge >= 0.3 is 0 Å². The van der Waals surface area contributed by atoms with Gasteiger partial charge in [0.15, 0.2) is 5.75 Å². The highest BCUT2D eigenvalue weighted by Gasteiger charge is 2.26. The predicted molar refractivity (Wildman–Crippen MR) is 111 cm³/mol. The Kier molecular flexibility index (Phi) is 4.88. The molecule has 0 atom stereocenters. The minimum atomic E-state index is -0.215. The number of anilines is 1. The maximum absolute atomic E-state index is 12.8. The van der Waals surface area contributed by atoms with Gasteiger partial charge in [-0.1, -0.05) is 40.2 Å². The van der Waals surface area contributed by atoms with E-state index in [1.54, 1.807) is 43.4 Å². The van der Waals surface area contributed by atoms with Crippen molar-refractivity contribution in [2.75, 3.05) is 11.9 Å². The van der Waals surface area contributed by atoms with Gasteiger partial charge in [0.1, 0.15) is 5.75 Å². The molecule has 3 aromatic rings. The Labute approximate surface area is 171 Å². The van der Waals surface area contributed by atoms with Crippen molar-refractivity contribution in [3.05, 3.63) is 87.9 Å². The van der Waals surface area contributed by atoms with Crippen LogP contribution in [0.5, 0.6) is 11.5 Å². The SMILES string of the molecule is CN1C(=O)c2ccccc2Oc2ccc(C(=O)NCc3ccc(Br)cc3)cc21. The zero-order valence-corrected chi connectivity index (χ0v) is 16.7. The number of hydrogen-bond acceptors (Lipinski definition) is 3. The molecule has 1 aliphatic heterocycles. The lowest BCUT2D eigenvalue weighted by molar-refractivity contribution is 0.0948. The highest BCUT2D eigenvalue weighted by molar-refractivity contribution is 9.10. The molecule has 1 aliphatic rings. The summed E-state index contributed by atoms with van der Waals surface area (Å²) in [5.41, 5.74) is 2.50. The molecule has 2 amide bonds. The number of fused-ring (bicyclic) bond motifs is 2. The van der Waals surface area contributed by atoms with Crippen LogP contribution in [0.25, 0.3) is 0 Å². The van der Waals surface area contributed by atoms with Crippen molar-refractivity contribution in [3.8, 4) is 11.5 Å². The molecule has 0 saturated heterocycles. The monoisotopic (exact) mass is 436 g/mol. The highest BCUT2D eigenvalue weighted by atomic mass is 79.9. The van der Waals surface area contributed by atoms with Crippen LogP contribution < -0.4 is 15.0 Å². The zero-order chi connectivity index (χ0) is 19.7. The Morgan fingerprint density at radius 3 is 2.57 bits per heavy atom. The van der Waals surface area contributed by atoms with Crippen molar-refractivity contribution >= 4 is 33.4 Å². The first-order valence-corrected chi connectivity index (χ1v) is 9.54. The van der Waals surface area contributed by atoms with Crippen LogP contribution in [0.4, 0.5) is 5.69 Å². The molecule has 1 heterocycles. The summed E-state index contributed by atoms with van der Waals surface area (Å²) in [6.45, 7) is 0.417. The van der Waals surface area contributed by atoms with E-state index in [0.717, 1.165) is 10.0 Å². The standard InChI is InChI=1S/C22H17BrN2O3/c1-25-18-12-15(21(26)24-13-14-6-9-16(23)10-7-14)8-11-20(18)28-19-5-3-2-4-17(19)22(25)27/h2-12H,13H2,1H3,(H,24,26). The molecule has 0 radical (unpaired) electrons. The van der Waals surface area contributed by atoms with E-state index in [1.807, 2.05) is 30.3 Å². The smallest absolute Gasteiger partial charge is 0.261 e. The van der Waals surface area contributed by atoms with Crippen LogP contribution in [0, 0.1) is 0 Å². The molecule has 0 spiro atoms. The van der Waals surface area contributed by atoms with Crippen LogP contribution >= 0.6 is 15.9 Å². The number of ether oxygens (including phenoxy) is 1. The van der Waals surface area contributed by atoms with Crippen molar-refractivity contribution in [2.24, 2.45) is 0 Å². The van der Waals surface area contributed by atoms with E-state index in [9.17, 15) is 9.59 Å². The second-order valence-electron chi connectivity index (χ2n) is 6.45. The van der Waals surface area contributed by atoms with E-state index in [0.29, 0.717) is 34.9 Å². The van der Waals surface area contributed by atoms with Gasteiger partial charge in [0.25, 0.3) is 11.8 Å². The predicted octanol–water partition coefficient (Wildman–Crippen LogP) is 4.76. The Balaban J connectivity index is 1.57. The number of halogens is 1. The third-order valence-electron chi connectivity index (χ3n) is 4.59. The molecule has 0 saturated carbocycles. The molecule has 28 heavy (non-hydrogen) atoms. The second-order valence-corrected chi connectivity index (χ2v) is 7.37. The van der Waals surface area contributed by atoms with E-state index in [-0.39, 0.29) is 11.8 Å². The average Bonchev–Trinajstić information content (AvgIpc) is 2.82. The first-order valence-electron chi connectivity index (χ1n) is 8.74. The molecule has 3 aromatic carbocycles. The summed E-state index contributed by atoms with van der Waals surface area (Å²) in [6.07, 6.45) is 0. The van der Waals surface area contributed by atoms with Crippen molar-refractivity contribution in [3.63, 3.8) is 0 Å². The lowest BCUT2D eigenvalue weighted by Gasteiger charge is -2.17. The molecule has 6 heteroatoms. The Hall–Kier alpha value is -3.12. The van der Waals surface area contributed by atoms with Gasteiger partial charge in [0.2, 0.25) is 0 Å². The van der Waals surface area contributed by atoms with Crippen molar-refractivity contribution < 1.29 is 14.3 Å². The van der Waals surface area contributed by atoms with Gasteiger partial charge in [-0.3, -0.25) is 9.59 Å². The summed E-state index contributed by atoms with van der Waals surface area (Å²) >= 11 is 3.39. The Morgan fingerprint density at radius 2 is 1.79 bits per heavy atom. The topological polar surface area (TPSA) is 58.6 Å². The quantitative estimate of drug-likeness (QED) is 0.643. The molecule has 0 aliphatic carbocycles. The van der Waals surface area contributed by atoms with Crippen LogP contribution in [-0.4, -0.2) is 18.9 Å². The van der Waals surface area contributed by atoms with E-state index in [2.05, 4.69) is 21.2 Å². The van der Waals surface area contributed by atoms with Crippen molar-refractivity contribution in [1.82, 2.24) is 5.32 Å². The third kappa shape index (κ3) is 3.51. The van der Waals surface area contributed by atoms with Gasteiger partial charge in [0, 0.05) is 23.6 Å². The van der Waals surface area contributed by atoms with E-state index in [1.165, 1.54) is 4.90 Å². The first kappa shape index (κ1) is 18.3. The number of hydrogen-bond donors (Lipinski definition) is 1. The molecule has 140 valence electrons. The Bertz CT molecular complexity index is 1060. The van der Waals surface area contributed by atoms with Gasteiger partial charge < -0.3 is 15.0 Å². The minimum absolute atomic E-state index is 0.179. The Morgan fingerprint density at radius 1 is 1.04 bits per heavy atom. The highest BCUT2D eigenvalue weighted by Crippen LogP contribution is 2.38. The molecule has 0 bridgehead atoms. The second kappa shape index (κ2) is 7.48. The van der Waals surface area contributed by atoms with Crippen LogP contribution in [0.1, 0.15) is 26.3 Å². The summed E-state index contributed by atoms with van der Waals surface area (Å²) in [5, 5.41) is 2.90. The number of para-hydroxylation sites is 1. The van der Waals surface area contributed by atoms with E-state index in [4.69, 9.17) is 4.74 Å². The van der Waals surface area contributed by atoms with Gasteiger partial charge in [-0.25, -0.2) is 0 Å². The molecule has 0 fully saturated rings. The number of rotatable bonds is 3. The fourth-order valence-electron chi connectivity index (χ4n) is 3.03. The molecular formula is C22H17BrN2O3. The maximum Gasteiger partial charge on any atom is 0.261 e. The number of carbonyl (C=O) groups is 2. The first-order chi connectivity index (χ1) is 13.5. The van der Waals surface area contributed by atoms with Crippen LogP contribution in [0.15, 0.2) is 71.2 Å². The molecule has 0 aromatic heterocycles. The van der Waals surface area contributed by atoms with Gasteiger partial charge in [-0.2, -0.15) is 0 Å². The lowest BCUT2D eigenvalue weighted by atomic mass is 10.1. The number of carbonyl (C=O) groups excluding carboxylic acids is 2. The molecule has 5 nitrogen and oxygen atoms in total. The van der Waals surface area contributed by atoms with Crippen molar-refractivity contribution in [2.45, 2.75) is 6.54 Å². The summed E-state index contributed by atoms with van der Waals surface area (Å²) in [4.78, 5) is 26.9. The number of nitrogens with zero attached hydrogens (tertiary/aromatic N) is 1. The molecule has 4 rings (SSSR count). The van der Waals surface area contributed by atoms with E-state index >= 15 is 0 Å². The van der Waals surface area contributed by atoms with Crippen LogP contribution in [0.3, 0.4) is 0 Å². The van der Waals surface area contributed by atoms with Gasteiger partial charge in [-0.15, -0.1) is 0 Å². The number of nitrogens with one attached hydrogen (secondary N) is 1. The van der Waals surface area contributed by atoms with E-state index < -0.39 is 0 Å². The molecule has 0 unspecified atom stereocenters. The molecular weight excluding hydrogens is 420 g/mol. The van der Waals surface area contributed by atoms with Gasteiger partial charge in [0.05, 0.1) is 11.3 Å². The summed E-state index contributed by atoms with van der Waals surface area (Å²) in [7, 11) is 1.68. The lowest BCUT2D eigenvalue weighted by Crippen LogP contribution is -2.26. The maximum atomic E-state index is 12.8. The normalized spacial score (nSPS) is 12.5. The van der Waals surface area contributed by atoms with Crippen molar-refractivity contribution in [1.29, 1.82) is 0 Å². The fraction of sp³-hybridized carbons (Fsp3) is 0.0909. The van der Waals surface area contributed by atoms with Gasteiger partial charge in [-0.05, 0) is 48.0 Å². The summed E-state index contributed by atoms with van der Waals surface area (Å²) in [6, 6.07) is 19.9. The zero-order valence-electron chi connectivity index (χ0n) is 15.1. The minimum Gasteiger partial charge on any atom is -0.454 e. The summed E-state index contributed by atoms with van der Waals surface area (Å²) < 4.78 is 6.91. The number of amides is 2. The van der Waals surface area contributed by atoms with Crippen LogP contribution in [-0.2, 0) is 6.54 Å². The van der Waals surface area contributed by atoms with Crippen LogP contribution in [0.2, 0.25) is 0 Å². The molecule has 1 N–H and O–H groups in total. The number of benzene rings is 3. The fourth-order valence-corrected chi connectivity index (χ4v) is 3.30. The largest absolute Gasteiger partial charge is 0.454 e. The summed E-state index contributed by atoms with van der Waals surface area (Å²) in [5.74, 6) is 0.644.